The second kappa shape index (κ2) is 5.13. The van der Waals surface area contributed by atoms with Gasteiger partial charge in [0.25, 0.3) is 0 Å². The average Bonchev–Trinajstić information content (AvgIpc) is 3.01. The largest absolute Gasteiger partial charge is 0.411 e. The minimum atomic E-state index is -4.41. The Kier molecular flexibility index (Phi) is 3.56. The van der Waals surface area contributed by atoms with Crippen LogP contribution >= 0.6 is 11.8 Å². The Balaban J connectivity index is 2.13. The molecule has 1 aromatic rings. The summed E-state index contributed by atoms with van der Waals surface area (Å²) in [7, 11) is -1.50. The SMILES string of the molecule is CSC1=C2C=NC(C(F)(F)F)CC2=C(c2ccn[nH]2)S1=O. The number of nitrogens with zero attached hydrogens (tertiary/aromatic N) is 2. The van der Waals surface area contributed by atoms with Crippen molar-refractivity contribution in [1.82, 2.24) is 10.2 Å². The number of allylic oxidation sites excluding steroid dienone is 1. The molecule has 21 heavy (non-hydrogen) atoms. The molecule has 0 bridgehead atoms. The molecule has 112 valence electrons. The fourth-order valence-electron chi connectivity index (χ4n) is 2.32. The van der Waals surface area contributed by atoms with E-state index < -0.39 is 23.0 Å². The van der Waals surface area contributed by atoms with E-state index in [1.807, 2.05) is 0 Å². The van der Waals surface area contributed by atoms with Gasteiger partial charge >= 0.3 is 6.18 Å². The summed E-state index contributed by atoms with van der Waals surface area (Å²) in [6.45, 7) is 0. The predicted molar refractivity (Wildman–Crippen MR) is 77.1 cm³/mol. The summed E-state index contributed by atoms with van der Waals surface area (Å²) >= 11 is 1.27. The van der Waals surface area contributed by atoms with Gasteiger partial charge in [-0.25, -0.2) is 4.21 Å². The maximum atomic E-state index is 12.9. The Bertz CT molecular complexity index is 689. The number of H-pyrrole nitrogens is 1. The van der Waals surface area contributed by atoms with Gasteiger partial charge in [-0.2, -0.15) is 18.3 Å². The van der Waals surface area contributed by atoms with Gasteiger partial charge in [0, 0.05) is 24.4 Å². The van der Waals surface area contributed by atoms with Crippen molar-refractivity contribution in [3.8, 4) is 0 Å². The lowest BCUT2D eigenvalue weighted by Gasteiger charge is -2.21. The lowest BCUT2D eigenvalue weighted by Crippen LogP contribution is -2.30. The first-order chi connectivity index (χ1) is 9.93. The molecule has 9 heteroatoms. The highest BCUT2D eigenvalue weighted by molar-refractivity contribution is 8.19. The summed E-state index contributed by atoms with van der Waals surface area (Å²) in [6.07, 6.45) is -0.270. The van der Waals surface area contributed by atoms with Gasteiger partial charge < -0.3 is 0 Å². The number of nitrogens with one attached hydrogen (secondary N) is 1. The number of hydrogen-bond acceptors (Lipinski definition) is 4. The summed E-state index contributed by atoms with van der Waals surface area (Å²) in [4.78, 5) is 3.96. The van der Waals surface area contributed by atoms with Crippen molar-refractivity contribution >= 4 is 33.7 Å². The van der Waals surface area contributed by atoms with E-state index in [-0.39, 0.29) is 6.42 Å². The van der Waals surface area contributed by atoms with Crippen molar-refractivity contribution in [2.45, 2.75) is 18.6 Å². The number of aromatic amines is 1. The minimum Gasteiger partial charge on any atom is -0.279 e. The van der Waals surface area contributed by atoms with Crippen LogP contribution in [0.2, 0.25) is 0 Å². The Morgan fingerprint density at radius 2 is 2.24 bits per heavy atom. The highest BCUT2D eigenvalue weighted by Crippen LogP contribution is 2.46. The summed E-state index contributed by atoms with van der Waals surface area (Å²) in [5.41, 5.74) is 1.48. The van der Waals surface area contributed by atoms with Crippen LogP contribution in [0.25, 0.3) is 4.91 Å². The van der Waals surface area contributed by atoms with Crippen LogP contribution in [0.15, 0.2) is 32.6 Å². The normalized spacial score (nSPS) is 25.7. The van der Waals surface area contributed by atoms with E-state index in [2.05, 4.69) is 15.2 Å². The van der Waals surface area contributed by atoms with Gasteiger partial charge in [0.1, 0.15) is 6.04 Å². The number of alkyl halides is 3. The van der Waals surface area contributed by atoms with Gasteiger partial charge in [0.2, 0.25) is 0 Å². The van der Waals surface area contributed by atoms with Crippen molar-refractivity contribution in [2.24, 2.45) is 4.99 Å². The molecule has 4 nitrogen and oxygen atoms in total. The monoisotopic (exact) mass is 333 g/mol. The number of hydrogen-bond donors (Lipinski definition) is 1. The van der Waals surface area contributed by atoms with E-state index in [9.17, 15) is 17.4 Å². The Labute approximate surface area is 125 Å². The third-order valence-corrected chi connectivity index (χ3v) is 6.20. The summed E-state index contributed by atoms with van der Waals surface area (Å²) in [5, 5.41) is 6.46. The summed E-state index contributed by atoms with van der Waals surface area (Å²) < 4.78 is 51.8. The van der Waals surface area contributed by atoms with Gasteiger partial charge in [-0.1, -0.05) is 0 Å². The van der Waals surface area contributed by atoms with Crippen LogP contribution in [0.3, 0.4) is 0 Å². The molecule has 2 atom stereocenters. The Morgan fingerprint density at radius 1 is 1.48 bits per heavy atom. The number of rotatable bonds is 2. The van der Waals surface area contributed by atoms with E-state index in [0.29, 0.717) is 26.0 Å². The fraction of sp³-hybridized carbons (Fsp3) is 0.333. The first kappa shape index (κ1) is 14.6. The molecule has 0 saturated heterocycles. The number of fused-ring (bicyclic) bond motifs is 1. The topological polar surface area (TPSA) is 58.1 Å². The molecule has 0 aromatic carbocycles. The molecule has 2 aliphatic rings. The van der Waals surface area contributed by atoms with Crippen LogP contribution in [-0.4, -0.2) is 39.1 Å². The second-order valence-electron chi connectivity index (χ2n) is 4.49. The molecular weight excluding hydrogens is 323 g/mol. The fourth-order valence-corrected chi connectivity index (χ4v) is 4.87. The van der Waals surface area contributed by atoms with E-state index in [4.69, 9.17) is 0 Å². The van der Waals surface area contributed by atoms with Gasteiger partial charge in [-0.15, -0.1) is 11.8 Å². The lowest BCUT2D eigenvalue weighted by molar-refractivity contribution is -0.146. The maximum Gasteiger partial charge on any atom is 0.411 e. The predicted octanol–water partition coefficient (Wildman–Crippen LogP) is 2.86. The molecule has 1 aromatic heterocycles. The van der Waals surface area contributed by atoms with Crippen molar-refractivity contribution < 1.29 is 17.4 Å². The smallest absolute Gasteiger partial charge is 0.279 e. The number of aliphatic imine (C=N–C) groups is 1. The standard InChI is InChI=1S/C12H10F3N3OS2/c1-20-11-7-5-16-9(12(13,14)15)4-6(7)10(21(11)19)8-2-3-17-18-8/h2-3,5,9H,4H2,1H3,(H,17,18). The molecule has 3 heterocycles. The van der Waals surface area contributed by atoms with Gasteiger partial charge in [-0.05, 0) is 17.9 Å². The highest BCUT2D eigenvalue weighted by atomic mass is 32.2. The summed E-state index contributed by atoms with van der Waals surface area (Å²) in [6, 6.07) is -0.178. The number of aromatic nitrogens is 2. The molecule has 1 N–H and O–H groups in total. The second-order valence-corrected chi connectivity index (χ2v) is 6.92. The quantitative estimate of drug-likeness (QED) is 0.905. The lowest BCUT2D eigenvalue weighted by atomic mass is 9.96. The zero-order valence-corrected chi connectivity index (χ0v) is 12.4. The number of halogens is 3. The first-order valence-electron chi connectivity index (χ1n) is 5.96. The van der Waals surface area contributed by atoms with Crippen LogP contribution in [0, 0.1) is 0 Å². The molecule has 3 rings (SSSR count). The van der Waals surface area contributed by atoms with Crippen LogP contribution in [0.4, 0.5) is 13.2 Å². The van der Waals surface area contributed by atoms with Crippen molar-refractivity contribution in [3.05, 3.63) is 33.3 Å². The molecule has 0 fully saturated rings. The average molecular weight is 333 g/mol. The molecule has 0 amide bonds. The molecule has 0 radical (unpaired) electrons. The number of thioether (sulfide) groups is 1. The van der Waals surface area contributed by atoms with E-state index in [0.717, 1.165) is 0 Å². The Hall–Kier alpha value is -1.35. The zero-order valence-electron chi connectivity index (χ0n) is 10.8. The van der Waals surface area contributed by atoms with Crippen LogP contribution < -0.4 is 0 Å². The highest BCUT2D eigenvalue weighted by Gasteiger charge is 2.44. The van der Waals surface area contributed by atoms with Crippen LogP contribution in [0.1, 0.15) is 12.1 Å². The van der Waals surface area contributed by atoms with Crippen molar-refractivity contribution in [3.63, 3.8) is 0 Å². The molecule has 0 spiro atoms. The molecule has 2 unspecified atom stereocenters. The van der Waals surface area contributed by atoms with Gasteiger partial charge in [0.15, 0.2) is 0 Å². The third kappa shape index (κ3) is 2.38. The molecule has 2 aliphatic heterocycles. The van der Waals surface area contributed by atoms with Gasteiger partial charge in [-0.3, -0.25) is 10.1 Å². The summed E-state index contributed by atoms with van der Waals surface area (Å²) in [5.74, 6) is 0. The first-order valence-corrected chi connectivity index (χ1v) is 8.34. The molecule has 0 aliphatic carbocycles. The molecule has 0 saturated carbocycles. The zero-order chi connectivity index (χ0) is 15.2. The van der Waals surface area contributed by atoms with Gasteiger partial charge in [0.05, 0.1) is 25.6 Å². The molecular formula is C12H10F3N3OS2. The van der Waals surface area contributed by atoms with Crippen LogP contribution in [-0.2, 0) is 10.8 Å². The maximum absolute atomic E-state index is 12.9. The van der Waals surface area contributed by atoms with Crippen LogP contribution in [0.5, 0.6) is 0 Å². The van der Waals surface area contributed by atoms with E-state index in [1.165, 1.54) is 24.2 Å². The van der Waals surface area contributed by atoms with Crippen molar-refractivity contribution in [1.29, 1.82) is 0 Å². The third-order valence-electron chi connectivity index (χ3n) is 3.26. The Morgan fingerprint density at radius 3 is 2.81 bits per heavy atom. The minimum absolute atomic E-state index is 0.292. The van der Waals surface area contributed by atoms with E-state index in [1.54, 1.807) is 12.3 Å². The van der Waals surface area contributed by atoms with Crippen molar-refractivity contribution in [2.75, 3.05) is 6.26 Å². The van der Waals surface area contributed by atoms with E-state index >= 15 is 0 Å².